The summed E-state index contributed by atoms with van der Waals surface area (Å²) in [6.45, 7) is 6.38. The minimum Gasteiger partial charge on any atom is -0.314 e. The summed E-state index contributed by atoms with van der Waals surface area (Å²) in [6, 6.07) is 0.576. The van der Waals surface area contributed by atoms with E-state index >= 15 is 0 Å². The van der Waals surface area contributed by atoms with Crippen LogP contribution in [0.1, 0.15) is 45.4 Å². The summed E-state index contributed by atoms with van der Waals surface area (Å²) in [5.74, 6) is 2.10. The number of likely N-dealkylation sites (N-methyl/N-ethyl adjacent to an activating group) is 1. The first-order chi connectivity index (χ1) is 8.33. The molecule has 4 nitrogen and oxygen atoms in total. The van der Waals surface area contributed by atoms with Crippen molar-refractivity contribution in [2.75, 3.05) is 6.54 Å². The van der Waals surface area contributed by atoms with Crippen molar-refractivity contribution in [3.05, 3.63) is 12.2 Å². The van der Waals surface area contributed by atoms with Gasteiger partial charge >= 0.3 is 0 Å². The third-order valence-corrected chi connectivity index (χ3v) is 3.37. The molecule has 1 unspecified atom stereocenters. The van der Waals surface area contributed by atoms with Gasteiger partial charge in [0, 0.05) is 19.0 Å². The molecule has 4 heteroatoms. The molecule has 1 aromatic rings. The molecule has 0 aromatic carbocycles. The number of aromatic nitrogens is 3. The summed E-state index contributed by atoms with van der Waals surface area (Å²) in [5.41, 5.74) is 0. The highest BCUT2D eigenvalue weighted by Crippen LogP contribution is 2.34. The molecule has 0 bridgehead atoms. The number of rotatable bonds is 8. The van der Waals surface area contributed by atoms with E-state index in [1.807, 2.05) is 0 Å². The molecule has 96 valence electrons. The number of aryl methyl sites for hydroxylation is 1. The van der Waals surface area contributed by atoms with Crippen LogP contribution in [0.4, 0.5) is 0 Å². The minimum atomic E-state index is 0.576. The second-order valence-electron chi connectivity index (χ2n) is 5.04. The Morgan fingerprint density at radius 2 is 2.29 bits per heavy atom. The normalized spacial score (nSPS) is 17.3. The van der Waals surface area contributed by atoms with Gasteiger partial charge in [-0.3, -0.25) is 4.68 Å². The summed E-state index contributed by atoms with van der Waals surface area (Å²) in [6.07, 6.45) is 7.96. The third kappa shape index (κ3) is 3.80. The predicted octanol–water partition coefficient (Wildman–Crippen LogP) is 2.01. The lowest BCUT2D eigenvalue weighted by Gasteiger charge is -2.17. The van der Waals surface area contributed by atoms with Crippen LogP contribution in [-0.2, 0) is 13.0 Å². The first-order valence-electron chi connectivity index (χ1n) is 6.93. The standard InChI is InChI=1S/C13H24N4/c1-3-7-17-13(15-10-16-17)9-12(14-4-2)8-11-5-6-11/h10-12,14H,3-9H2,1-2H3. The summed E-state index contributed by atoms with van der Waals surface area (Å²) >= 11 is 0. The summed E-state index contributed by atoms with van der Waals surface area (Å²) < 4.78 is 2.05. The van der Waals surface area contributed by atoms with Crippen molar-refractivity contribution in [2.45, 2.75) is 58.5 Å². The molecule has 0 radical (unpaired) electrons. The first-order valence-corrected chi connectivity index (χ1v) is 6.93. The monoisotopic (exact) mass is 236 g/mol. The van der Waals surface area contributed by atoms with Gasteiger partial charge < -0.3 is 5.32 Å². The number of nitrogens with zero attached hydrogens (tertiary/aromatic N) is 3. The van der Waals surface area contributed by atoms with Gasteiger partial charge in [0.2, 0.25) is 0 Å². The highest BCUT2D eigenvalue weighted by molar-refractivity contribution is 4.92. The Morgan fingerprint density at radius 1 is 1.47 bits per heavy atom. The molecule has 1 fully saturated rings. The smallest absolute Gasteiger partial charge is 0.138 e. The van der Waals surface area contributed by atoms with Crippen molar-refractivity contribution in [1.29, 1.82) is 0 Å². The first kappa shape index (κ1) is 12.6. The van der Waals surface area contributed by atoms with E-state index in [4.69, 9.17) is 0 Å². The lowest BCUT2D eigenvalue weighted by atomic mass is 10.1. The van der Waals surface area contributed by atoms with E-state index in [0.29, 0.717) is 6.04 Å². The van der Waals surface area contributed by atoms with Gasteiger partial charge in [0.15, 0.2) is 0 Å². The van der Waals surface area contributed by atoms with E-state index in [9.17, 15) is 0 Å². The number of nitrogens with one attached hydrogen (secondary N) is 1. The Balaban J connectivity index is 1.92. The molecule has 0 aliphatic heterocycles. The van der Waals surface area contributed by atoms with Gasteiger partial charge in [-0.15, -0.1) is 0 Å². The second kappa shape index (κ2) is 6.15. The quantitative estimate of drug-likeness (QED) is 0.751. The fourth-order valence-corrected chi connectivity index (χ4v) is 2.35. The number of hydrogen-bond acceptors (Lipinski definition) is 3. The molecular formula is C13H24N4. The van der Waals surface area contributed by atoms with E-state index < -0.39 is 0 Å². The zero-order chi connectivity index (χ0) is 12.1. The molecule has 1 N–H and O–H groups in total. The van der Waals surface area contributed by atoms with Crippen molar-refractivity contribution in [1.82, 2.24) is 20.1 Å². The van der Waals surface area contributed by atoms with Crippen molar-refractivity contribution < 1.29 is 0 Å². The van der Waals surface area contributed by atoms with Crippen LogP contribution < -0.4 is 5.32 Å². The van der Waals surface area contributed by atoms with E-state index in [-0.39, 0.29) is 0 Å². The molecule has 0 saturated heterocycles. The van der Waals surface area contributed by atoms with Gasteiger partial charge in [0.05, 0.1) is 0 Å². The van der Waals surface area contributed by atoms with Crippen molar-refractivity contribution in [3.8, 4) is 0 Å². The topological polar surface area (TPSA) is 42.7 Å². The zero-order valence-corrected chi connectivity index (χ0v) is 11.0. The van der Waals surface area contributed by atoms with Crippen LogP contribution in [0.5, 0.6) is 0 Å². The van der Waals surface area contributed by atoms with Crippen LogP contribution in [0.2, 0.25) is 0 Å². The van der Waals surface area contributed by atoms with Crippen LogP contribution in [0.3, 0.4) is 0 Å². The van der Waals surface area contributed by atoms with Gasteiger partial charge in [0.1, 0.15) is 12.2 Å². The SMILES string of the molecule is CCCn1ncnc1CC(CC1CC1)NCC. The molecule has 2 rings (SSSR count). The van der Waals surface area contributed by atoms with Gasteiger partial charge in [-0.2, -0.15) is 5.10 Å². The molecule has 1 aliphatic rings. The maximum Gasteiger partial charge on any atom is 0.138 e. The molecule has 0 amide bonds. The van der Waals surface area contributed by atoms with Gasteiger partial charge in [-0.05, 0) is 25.3 Å². The van der Waals surface area contributed by atoms with Gasteiger partial charge in [-0.1, -0.05) is 26.7 Å². The molecule has 1 aliphatic carbocycles. The molecule has 1 atom stereocenters. The Bertz CT molecular complexity index is 330. The summed E-state index contributed by atoms with van der Waals surface area (Å²) in [4.78, 5) is 4.40. The molecule has 17 heavy (non-hydrogen) atoms. The van der Waals surface area contributed by atoms with Gasteiger partial charge in [0.25, 0.3) is 0 Å². The van der Waals surface area contributed by atoms with Crippen molar-refractivity contribution >= 4 is 0 Å². The maximum atomic E-state index is 4.40. The Hall–Kier alpha value is -0.900. The highest BCUT2D eigenvalue weighted by atomic mass is 15.3. The minimum absolute atomic E-state index is 0.576. The lowest BCUT2D eigenvalue weighted by molar-refractivity contribution is 0.442. The Morgan fingerprint density at radius 3 is 2.94 bits per heavy atom. The third-order valence-electron chi connectivity index (χ3n) is 3.37. The van der Waals surface area contributed by atoms with E-state index in [1.165, 1.54) is 19.3 Å². The summed E-state index contributed by atoms with van der Waals surface area (Å²) in [5, 5.41) is 7.87. The largest absolute Gasteiger partial charge is 0.314 e. The molecular weight excluding hydrogens is 212 g/mol. The Kier molecular flexibility index (Phi) is 4.54. The highest BCUT2D eigenvalue weighted by Gasteiger charge is 2.26. The molecule has 1 aromatic heterocycles. The average molecular weight is 236 g/mol. The molecule has 0 spiro atoms. The van der Waals surface area contributed by atoms with Gasteiger partial charge in [-0.25, -0.2) is 4.98 Å². The van der Waals surface area contributed by atoms with Crippen LogP contribution in [0.15, 0.2) is 6.33 Å². The van der Waals surface area contributed by atoms with Crippen LogP contribution in [0.25, 0.3) is 0 Å². The van der Waals surface area contributed by atoms with Crippen LogP contribution in [0, 0.1) is 5.92 Å². The number of hydrogen-bond donors (Lipinski definition) is 1. The van der Waals surface area contributed by atoms with E-state index in [0.717, 1.165) is 37.7 Å². The van der Waals surface area contributed by atoms with E-state index in [1.54, 1.807) is 6.33 Å². The summed E-state index contributed by atoms with van der Waals surface area (Å²) in [7, 11) is 0. The predicted molar refractivity (Wildman–Crippen MR) is 68.8 cm³/mol. The van der Waals surface area contributed by atoms with Crippen molar-refractivity contribution in [3.63, 3.8) is 0 Å². The maximum absolute atomic E-state index is 4.40. The fourth-order valence-electron chi connectivity index (χ4n) is 2.35. The second-order valence-corrected chi connectivity index (χ2v) is 5.04. The fraction of sp³-hybridized carbons (Fsp3) is 0.846. The average Bonchev–Trinajstić information content (AvgIpc) is 3.01. The lowest BCUT2D eigenvalue weighted by Crippen LogP contribution is -2.32. The molecule has 1 heterocycles. The van der Waals surface area contributed by atoms with Crippen LogP contribution in [-0.4, -0.2) is 27.4 Å². The molecule has 1 saturated carbocycles. The van der Waals surface area contributed by atoms with Crippen LogP contribution >= 0.6 is 0 Å². The zero-order valence-electron chi connectivity index (χ0n) is 11.0. The Labute approximate surface area is 104 Å². The van der Waals surface area contributed by atoms with E-state index in [2.05, 4.69) is 33.9 Å². The van der Waals surface area contributed by atoms with Crippen molar-refractivity contribution in [2.24, 2.45) is 5.92 Å².